The number of amides is 1. The van der Waals surface area contributed by atoms with Gasteiger partial charge in [-0.2, -0.15) is 0 Å². The van der Waals surface area contributed by atoms with Gasteiger partial charge in [-0.05, 0) is 25.3 Å². The zero-order valence-corrected chi connectivity index (χ0v) is 11.9. The number of fused-ring (bicyclic) bond motifs is 2. The summed E-state index contributed by atoms with van der Waals surface area (Å²) < 4.78 is 0. The lowest BCUT2D eigenvalue weighted by molar-refractivity contribution is -0.142. The smallest absolute Gasteiger partial charge is 0.308 e. The molecular formula is C13H12Cl2N2O3. The quantitative estimate of drug-likeness (QED) is 0.851. The SMILES string of the molecule is O=C(O)C1CC2CCC1N2C(=O)c1cnc(Cl)c(Cl)c1. The maximum Gasteiger partial charge on any atom is 0.308 e. The summed E-state index contributed by atoms with van der Waals surface area (Å²) in [4.78, 5) is 29.3. The summed E-state index contributed by atoms with van der Waals surface area (Å²) in [6.07, 6.45) is 3.50. The van der Waals surface area contributed by atoms with Gasteiger partial charge in [-0.25, -0.2) is 4.98 Å². The maximum absolute atomic E-state index is 12.5. The van der Waals surface area contributed by atoms with Crippen LogP contribution in [0.25, 0.3) is 0 Å². The molecule has 1 aromatic rings. The normalized spacial score (nSPS) is 27.9. The molecule has 1 aromatic heterocycles. The average molecular weight is 315 g/mol. The molecule has 106 valence electrons. The summed E-state index contributed by atoms with van der Waals surface area (Å²) in [5.41, 5.74) is 0.349. The third-order valence-electron chi connectivity index (χ3n) is 4.13. The minimum Gasteiger partial charge on any atom is -0.481 e. The molecular weight excluding hydrogens is 303 g/mol. The molecule has 3 heterocycles. The van der Waals surface area contributed by atoms with Crippen LogP contribution in [0.15, 0.2) is 12.3 Å². The summed E-state index contributed by atoms with van der Waals surface area (Å²) in [6, 6.07) is 1.26. The Kier molecular flexibility index (Phi) is 3.34. The first kappa shape index (κ1) is 13.6. The van der Waals surface area contributed by atoms with E-state index in [1.807, 2.05) is 0 Å². The molecule has 0 spiro atoms. The fourth-order valence-corrected chi connectivity index (χ4v) is 3.53. The highest BCUT2D eigenvalue weighted by Gasteiger charge is 2.51. The molecule has 1 N–H and O–H groups in total. The fraction of sp³-hybridized carbons (Fsp3) is 0.462. The second kappa shape index (κ2) is 4.90. The molecule has 2 bridgehead atoms. The van der Waals surface area contributed by atoms with Crippen molar-refractivity contribution in [3.05, 3.63) is 28.0 Å². The zero-order valence-electron chi connectivity index (χ0n) is 10.4. The van der Waals surface area contributed by atoms with Gasteiger partial charge >= 0.3 is 5.97 Å². The minimum atomic E-state index is -0.831. The van der Waals surface area contributed by atoms with E-state index in [1.54, 1.807) is 4.90 Å². The van der Waals surface area contributed by atoms with Crippen LogP contribution in [0.5, 0.6) is 0 Å². The van der Waals surface area contributed by atoms with E-state index in [4.69, 9.17) is 23.2 Å². The van der Waals surface area contributed by atoms with Crippen molar-refractivity contribution in [2.45, 2.75) is 31.3 Å². The third-order valence-corrected chi connectivity index (χ3v) is 4.82. The molecule has 0 aromatic carbocycles. The Balaban J connectivity index is 1.88. The second-order valence-electron chi connectivity index (χ2n) is 5.19. The third kappa shape index (κ3) is 2.05. The van der Waals surface area contributed by atoms with Crippen LogP contribution in [0.3, 0.4) is 0 Å². The number of aliphatic carboxylic acids is 1. The molecule has 2 aliphatic rings. The maximum atomic E-state index is 12.5. The second-order valence-corrected chi connectivity index (χ2v) is 5.95. The van der Waals surface area contributed by atoms with Gasteiger partial charge in [0, 0.05) is 18.3 Å². The van der Waals surface area contributed by atoms with Crippen LogP contribution in [-0.4, -0.2) is 39.0 Å². The average Bonchev–Trinajstić information content (AvgIpc) is 2.98. The van der Waals surface area contributed by atoms with Gasteiger partial charge in [0.15, 0.2) is 0 Å². The van der Waals surface area contributed by atoms with Crippen LogP contribution in [0.1, 0.15) is 29.6 Å². The molecule has 0 saturated carbocycles. The Morgan fingerprint density at radius 2 is 2.10 bits per heavy atom. The number of pyridine rings is 1. The molecule has 20 heavy (non-hydrogen) atoms. The van der Waals surface area contributed by atoms with Crippen molar-refractivity contribution in [2.24, 2.45) is 5.92 Å². The standard InChI is InChI=1S/C13H12Cl2N2O3/c14-9-3-6(5-16-11(9)15)12(18)17-7-1-2-10(17)8(4-7)13(19)20/h3,5,7-8,10H,1-2,4H2,(H,19,20). The van der Waals surface area contributed by atoms with Gasteiger partial charge in [0.2, 0.25) is 0 Å². The zero-order chi connectivity index (χ0) is 14.4. The highest BCUT2D eigenvalue weighted by atomic mass is 35.5. The van der Waals surface area contributed by atoms with Crippen molar-refractivity contribution in [1.82, 2.24) is 9.88 Å². The Morgan fingerprint density at radius 1 is 1.35 bits per heavy atom. The predicted octanol–water partition coefficient (Wildman–Crippen LogP) is 2.47. The lowest BCUT2D eigenvalue weighted by atomic mass is 9.89. The fourth-order valence-electron chi connectivity index (χ4n) is 3.26. The molecule has 2 aliphatic heterocycles. The molecule has 2 fully saturated rings. The predicted molar refractivity (Wildman–Crippen MR) is 73.0 cm³/mol. The van der Waals surface area contributed by atoms with E-state index in [2.05, 4.69) is 4.98 Å². The molecule has 2 saturated heterocycles. The van der Waals surface area contributed by atoms with Gasteiger partial charge in [0.1, 0.15) is 5.15 Å². The number of carboxylic acid groups (broad SMARTS) is 1. The lowest BCUT2D eigenvalue weighted by Crippen LogP contribution is -2.37. The Hall–Kier alpha value is -1.33. The van der Waals surface area contributed by atoms with Crippen molar-refractivity contribution in [1.29, 1.82) is 0 Å². The summed E-state index contributed by atoms with van der Waals surface area (Å²) in [7, 11) is 0. The molecule has 0 radical (unpaired) electrons. The number of carbonyl (C=O) groups is 2. The summed E-state index contributed by atoms with van der Waals surface area (Å²) in [5, 5.41) is 9.57. The summed E-state index contributed by atoms with van der Waals surface area (Å²) in [6.45, 7) is 0. The number of hydrogen-bond donors (Lipinski definition) is 1. The van der Waals surface area contributed by atoms with Crippen LogP contribution in [0.2, 0.25) is 10.2 Å². The number of carbonyl (C=O) groups excluding carboxylic acids is 1. The van der Waals surface area contributed by atoms with Crippen molar-refractivity contribution in [3.8, 4) is 0 Å². The van der Waals surface area contributed by atoms with Crippen LogP contribution in [0.4, 0.5) is 0 Å². The van der Waals surface area contributed by atoms with E-state index in [0.29, 0.717) is 12.0 Å². The van der Waals surface area contributed by atoms with Crippen LogP contribution < -0.4 is 0 Å². The van der Waals surface area contributed by atoms with Gasteiger partial charge in [0.25, 0.3) is 5.91 Å². The number of carboxylic acids is 1. The minimum absolute atomic E-state index is 0.00283. The lowest BCUT2D eigenvalue weighted by Gasteiger charge is -2.23. The molecule has 3 rings (SSSR count). The first-order valence-electron chi connectivity index (χ1n) is 6.35. The number of nitrogens with zero attached hydrogens (tertiary/aromatic N) is 2. The van der Waals surface area contributed by atoms with Crippen molar-refractivity contribution in [2.75, 3.05) is 0 Å². The Bertz CT molecular complexity index is 593. The molecule has 1 amide bonds. The number of halogens is 2. The van der Waals surface area contributed by atoms with E-state index in [0.717, 1.165) is 12.8 Å². The molecule has 7 heteroatoms. The molecule has 3 atom stereocenters. The van der Waals surface area contributed by atoms with Gasteiger partial charge in [0.05, 0.1) is 16.5 Å². The number of rotatable bonds is 2. The van der Waals surface area contributed by atoms with Gasteiger partial charge < -0.3 is 10.0 Å². The first-order chi connectivity index (χ1) is 9.49. The number of hydrogen-bond acceptors (Lipinski definition) is 3. The molecule has 0 aliphatic carbocycles. The Labute approximate surface area is 125 Å². The van der Waals surface area contributed by atoms with Crippen molar-refractivity contribution >= 4 is 35.1 Å². The first-order valence-corrected chi connectivity index (χ1v) is 7.11. The molecule has 5 nitrogen and oxygen atoms in total. The monoisotopic (exact) mass is 314 g/mol. The number of aromatic nitrogens is 1. The van der Waals surface area contributed by atoms with E-state index in [-0.39, 0.29) is 28.2 Å². The van der Waals surface area contributed by atoms with Crippen molar-refractivity contribution in [3.63, 3.8) is 0 Å². The van der Waals surface area contributed by atoms with Crippen molar-refractivity contribution < 1.29 is 14.7 Å². The Morgan fingerprint density at radius 3 is 2.70 bits per heavy atom. The van der Waals surface area contributed by atoms with E-state index < -0.39 is 11.9 Å². The van der Waals surface area contributed by atoms with Gasteiger partial charge in [-0.3, -0.25) is 9.59 Å². The van der Waals surface area contributed by atoms with Crippen LogP contribution in [-0.2, 0) is 4.79 Å². The van der Waals surface area contributed by atoms with Crippen LogP contribution >= 0.6 is 23.2 Å². The largest absolute Gasteiger partial charge is 0.481 e. The topological polar surface area (TPSA) is 70.5 Å². The highest BCUT2D eigenvalue weighted by Crippen LogP contribution is 2.42. The van der Waals surface area contributed by atoms with Gasteiger partial charge in [-0.1, -0.05) is 23.2 Å². The highest BCUT2D eigenvalue weighted by molar-refractivity contribution is 6.41. The van der Waals surface area contributed by atoms with Gasteiger partial charge in [-0.15, -0.1) is 0 Å². The van der Waals surface area contributed by atoms with E-state index >= 15 is 0 Å². The summed E-state index contributed by atoms with van der Waals surface area (Å²) >= 11 is 11.6. The van der Waals surface area contributed by atoms with Crippen LogP contribution in [0, 0.1) is 5.92 Å². The summed E-state index contributed by atoms with van der Waals surface area (Å²) in [5.74, 6) is -1.51. The van der Waals surface area contributed by atoms with E-state index in [9.17, 15) is 14.7 Å². The van der Waals surface area contributed by atoms with E-state index in [1.165, 1.54) is 12.3 Å². The molecule has 3 unspecified atom stereocenters.